The summed E-state index contributed by atoms with van der Waals surface area (Å²) in [4.78, 5) is 11.7. The average Bonchev–Trinajstić information content (AvgIpc) is 2.02. The largest absolute Gasteiger partial charge is 0.356 e. The maximum atomic E-state index is 11.7. The summed E-state index contributed by atoms with van der Waals surface area (Å²) >= 11 is 0. The molecule has 0 bridgehead atoms. The number of amides is 1. The van der Waals surface area contributed by atoms with E-state index >= 15 is 0 Å². The summed E-state index contributed by atoms with van der Waals surface area (Å²) in [7, 11) is 0. The number of nitrogens with two attached hydrogens (primary N) is 1. The summed E-state index contributed by atoms with van der Waals surface area (Å²) < 4.78 is 0. The Hall–Kier alpha value is -0.570. The molecule has 3 heteroatoms. The molecule has 14 heavy (non-hydrogen) atoms. The van der Waals surface area contributed by atoms with Gasteiger partial charge < -0.3 is 11.1 Å². The smallest absolute Gasteiger partial charge is 0.225 e. The van der Waals surface area contributed by atoms with Crippen molar-refractivity contribution in [1.29, 1.82) is 0 Å². The van der Waals surface area contributed by atoms with Crippen molar-refractivity contribution in [3.63, 3.8) is 0 Å². The third-order valence-corrected chi connectivity index (χ3v) is 2.20. The van der Waals surface area contributed by atoms with E-state index in [-0.39, 0.29) is 11.3 Å². The third-order valence-electron chi connectivity index (χ3n) is 2.20. The molecule has 0 heterocycles. The lowest BCUT2D eigenvalue weighted by Gasteiger charge is -2.25. The van der Waals surface area contributed by atoms with Gasteiger partial charge in [0.1, 0.15) is 0 Å². The van der Waals surface area contributed by atoms with Gasteiger partial charge in [-0.3, -0.25) is 4.79 Å². The van der Waals surface area contributed by atoms with Crippen LogP contribution in [-0.2, 0) is 4.79 Å². The van der Waals surface area contributed by atoms with Crippen LogP contribution in [-0.4, -0.2) is 19.0 Å². The fourth-order valence-corrected chi connectivity index (χ4v) is 1.66. The van der Waals surface area contributed by atoms with Gasteiger partial charge in [-0.05, 0) is 25.3 Å². The molecule has 0 aliphatic heterocycles. The Morgan fingerprint density at radius 1 is 1.43 bits per heavy atom. The molecule has 0 atom stereocenters. The molecule has 0 aliphatic carbocycles. The van der Waals surface area contributed by atoms with Gasteiger partial charge in [0.15, 0.2) is 0 Å². The fraction of sp³-hybridized carbons (Fsp3) is 0.909. The van der Waals surface area contributed by atoms with Crippen molar-refractivity contribution >= 4 is 5.91 Å². The van der Waals surface area contributed by atoms with Gasteiger partial charge in [0, 0.05) is 12.0 Å². The molecule has 0 aliphatic rings. The Morgan fingerprint density at radius 2 is 2.00 bits per heavy atom. The molecule has 1 amide bonds. The molecule has 0 unspecified atom stereocenters. The number of hydrogen-bond donors (Lipinski definition) is 2. The van der Waals surface area contributed by atoms with Crippen LogP contribution in [0.25, 0.3) is 0 Å². The minimum absolute atomic E-state index is 0.139. The van der Waals surface area contributed by atoms with Crippen molar-refractivity contribution in [3.8, 4) is 0 Å². The van der Waals surface area contributed by atoms with Crippen LogP contribution in [0.15, 0.2) is 0 Å². The number of rotatable bonds is 6. The molecule has 0 aromatic heterocycles. The molecular weight excluding hydrogens is 176 g/mol. The predicted octanol–water partition coefficient (Wildman–Crippen LogP) is 1.52. The normalized spacial score (nSPS) is 11.9. The Labute approximate surface area is 87.4 Å². The van der Waals surface area contributed by atoms with E-state index < -0.39 is 0 Å². The molecule has 0 fully saturated rings. The molecule has 0 saturated heterocycles. The quantitative estimate of drug-likeness (QED) is 0.639. The summed E-state index contributed by atoms with van der Waals surface area (Å²) in [6.45, 7) is 9.57. The maximum absolute atomic E-state index is 11.7. The van der Waals surface area contributed by atoms with Gasteiger partial charge >= 0.3 is 0 Å². The maximum Gasteiger partial charge on any atom is 0.225 e. The average molecular weight is 200 g/mol. The van der Waals surface area contributed by atoms with Crippen molar-refractivity contribution in [2.75, 3.05) is 13.1 Å². The van der Waals surface area contributed by atoms with Gasteiger partial charge in [-0.15, -0.1) is 0 Å². The van der Waals surface area contributed by atoms with Gasteiger partial charge in [-0.25, -0.2) is 0 Å². The first-order valence-electron chi connectivity index (χ1n) is 5.38. The first-order valence-corrected chi connectivity index (χ1v) is 5.38. The first-order chi connectivity index (χ1) is 6.40. The second-order valence-corrected chi connectivity index (χ2v) is 4.88. The van der Waals surface area contributed by atoms with E-state index in [1.807, 2.05) is 13.8 Å². The Balaban J connectivity index is 3.95. The van der Waals surface area contributed by atoms with E-state index in [1.165, 1.54) is 0 Å². The van der Waals surface area contributed by atoms with E-state index in [1.54, 1.807) is 0 Å². The third kappa shape index (κ3) is 5.22. The lowest BCUT2D eigenvalue weighted by atomic mass is 9.83. The van der Waals surface area contributed by atoms with Crippen LogP contribution >= 0.6 is 0 Å². The molecule has 0 radical (unpaired) electrons. The lowest BCUT2D eigenvalue weighted by Crippen LogP contribution is -2.38. The van der Waals surface area contributed by atoms with Crippen LogP contribution in [0.1, 0.15) is 40.5 Å². The van der Waals surface area contributed by atoms with Crippen molar-refractivity contribution in [3.05, 3.63) is 0 Å². The molecule has 0 spiro atoms. The highest BCUT2D eigenvalue weighted by Crippen LogP contribution is 2.25. The highest BCUT2D eigenvalue weighted by Gasteiger charge is 2.27. The van der Waals surface area contributed by atoms with E-state index in [9.17, 15) is 4.79 Å². The molecule has 0 saturated carbocycles. The highest BCUT2D eigenvalue weighted by atomic mass is 16.2. The van der Waals surface area contributed by atoms with Gasteiger partial charge in [0.25, 0.3) is 0 Å². The second-order valence-electron chi connectivity index (χ2n) is 4.88. The standard InChI is InChI=1S/C11H24N2O/c1-9(2)8-11(3,4)10(14)13-7-5-6-12/h9H,5-8,12H2,1-4H3,(H,13,14). The van der Waals surface area contributed by atoms with E-state index in [2.05, 4.69) is 19.2 Å². The fourth-order valence-electron chi connectivity index (χ4n) is 1.66. The van der Waals surface area contributed by atoms with Crippen LogP contribution < -0.4 is 11.1 Å². The van der Waals surface area contributed by atoms with Gasteiger partial charge in [0.2, 0.25) is 5.91 Å². The van der Waals surface area contributed by atoms with Crippen molar-refractivity contribution < 1.29 is 4.79 Å². The summed E-state index contributed by atoms with van der Waals surface area (Å²) in [5, 5.41) is 2.91. The minimum Gasteiger partial charge on any atom is -0.356 e. The Kier molecular flexibility index (Phi) is 5.77. The monoisotopic (exact) mass is 200 g/mol. The molecule has 0 aromatic rings. The van der Waals surface area contributed by atoms with E-state index in [0.717, 1.165) is 12.8 Å². The minimum atomic E-state index is -0.261. The molecule has 84 valence electrons. The zero-order chi connectivity index (χ0) is 11.2. The van der Waals surface area contributed by atoms with E-state index in [0.29, 0.717) is 19.0 Å². The zero-order valence-corrected chi connectivity index (χ0v) is 9.89. The summed E-state index contributed by atoms with van der Waals surface area (Å²) in [5.74, 6) is 0.685. The summed E-state index contributed by atoms with van der Waals surface area (Å²) in [6.07, 6.45) is 1.77. The number of carbonyl (C=O) groups is 1. The number of carbonyl (C=O) groups excluding carboxylic acids is 1. The molecule has 0 rings (SSSR count). The number of hydrogen-bond acceptors (Lipinski definition) is 2. The zero-order valence-electron chi connectivity index (χ0n) is 9.89. The highest BCUT2D eigenvalue weighted by molar-refractivity contribution is 5.81. The molecule has 3 nitrogen and oxygen atoms in total. The lowest BCUT2D eigenvalue weighted by molar-refractivity contribution is -0.130. The van der Waals surface area contributed by atoms with Gasteiger partial charge in [-0.2, -0.15) is 0 Å². The second kappa shape index (κ2) is 6.02. The number of nitrogens with one attached hydrogen (secondary N) is 1. The summed E-state index contributed by atoms with van der Waals surface area (Å²) in [6, 6.07) is 0. The molecule has 0 aromatic carbocycles. The van der Waals surface area contributed by atoms with Crippen molar-refractivity contribution in [2.45, 2.75) is 40.5 Å². The van der Waals surface area contributed by atoms with Gasteiger partial charge in [-0.1, -0.05) is 27.7 Å². The van der Waals surface area contributed by atoms with Crippen molar-refractivity contribution in [1.82, 2.24) is 5.32 Å². The summed E-state index contributed by atoms with van der Waals surface area (Å²) in [5.41, 5.74) is 5.09. The van der Waals surface area contributed by atoms with Crippen LogP contribution in [0.4, 0.5) is 0 Å². The molecular formula is C11H24N2O. The SMILES string of the molecule is CC(C)CC(C)(C)C(=O)NCCCN. The van der Waals surface area contributed by atoms with Crippen LogP contribution in [0.3, 0.4) is 0 Å². The topological polar surface area (TPSA) is 55.1 Å². The van der Waals surface area contributed by atoms with E-state index in [4.69, 9.17) is 5.73 Å². The Bertz CT molecular complexity index is 176. The molecule has 3 N–H and O–H groups in total. The predicted molar refractivity (Wildman–Crippen MR) is 59.9 cm³/mol. The van der Waals surface area contributed by atoms with Gasteiger partial charge in [0.05, 0.1) is 0 Å². The van der Waals surface area contributed by atoms with Crippen LogP contribution in [0.5, 0.6) is 0 Å². The Morgan fingerprint density at radius 3 is 2.43 bits per heavy atom. The van der Waals surface area contributed by atoms with Crippen LogP contribution in [0, 0.1) is 11.3 Å². The van der Waals surface area contributed by atoms with Crippen molar-refractivity contribution in [2.24, 2.45) is 17.1 Å². The first kappa shape index (κ1) is 13.4. The van der Waals surface area contributed by atoms with Crippen LogP contribution in [0.2, 0.25) is 0 Å².